The maximum absolute atomic E-state index is 10.5. The molecular formula is C16H22N2O. The average Bonchev–Trinajstić information content (AvgIpc) is 2.59. The summed E-state index contributed by atoms with van der Waals surface area (Å²) in [5, 5.41) is 10.5. The fourth-order valence-corrected chi connectivity index (χ4v) is 2.72. The molecule has 0 saturated carbocycles. The van der Waals surface area contributed by atoms with Crippen LogP contribution in [0.15, 0.2) is 18.5 Å². The van der Waals surface area contributed by atoms with Crippen LogP contribution in [0.4, 0.5) is 0 Å². The average molecular weight is 258 g/mol. The fraction of sp³-hybridized carbons (Fsp3) is 0.438. The Morgan fingerprint density at radius 2 is 1.68 bits per heavy atom. The molecule has 1 N–H and O–H groups in total. The molecule has 3 heteroatoms. The largest absolute Gasteiger partial charge is 0.387 e. The number of aliphatic hydroxyl groups excluding tert-OH is 1. The molecule has 1 aromatic heterocycles. The van der Waals surface area contributed by atoms with Gasteiger partial charge in [0, 0.05) is 5.69 Å². The van der Waals surface area contributed by atoms with E-state index in [0.29, 0.717) is 6.54 Å². The number of hydrogen-bond acceptors (Lipinski definition) is 2. The minimum Gasteiger partial charge on any atom is -0.387 e. The highest BCUT2D eigenvalue weighted by Gasteiger charge is 2.15. The van der Waals surface area contributed by atoms with Crippen LogP contribution in [0.5, 0.6) is 0 Å². The lowest BCUT2D eigenvalue weighted by Crippen LogP contribution is -2.12. The van der Waals surface area contributed by atoms with Gasteiger partial charge in [0.15, 0.2) is 0 Å². The maximum atomic E-state index is 10.5. The molecule has 0 radical (unpaired) electrons. The molecule has 0 aliphatic heterocycles. The molecule has 0 fully saturated rings. The minimum atomic E-state index is -0.493. The van der Waals surface area contributed by atoms with E-state index in [4.69, 9.17) is 0 Å². The van der Waals surface area contributed by atoms with Gasteiger partial charge in [-0.2, -0.15) is 0 Å². The van der Waals surface area contributed by atoms with E-state index >= 15 is 0 Å². The molecule has 0 aliphatic carbocycles. The summed E-state index contributed by atoms with van der Waals surface area (Å²) in [7, 11) is 0. The number of rotatable bonds is 3. The van der Waals surface area contributed by atoms with Crippen LogP contribution in [0.3, 0.4) is 0 Å². The molecule has 19 heavy (non-hydrogen) atoms. The van der Waals surface area contributed by atoms with Crippen molar-refractivity contribution in [2.24, 2.45) is 0 Å². The van der Waals surface area contributed by atoms with Crippen molar-refractivity contribution in [1.29, 1.82) is 0 Å². The second-order valence-corrected chi connectivity index (χ2v) is 5.40. The summed E-state index contributed by atoms with van der Waals surface area (Å²) < 4.78 is 2.01. The van der Waals surface area contributed by atoms with Crippen LogP contribution in [-0.2, 0) is 6.54 Å². The molecule has 1 aromatic carbocycles. The summed E-state index contributed by atoms with van der Waals surface area (Å²) in [6.07, 6.45) is 1.31. The number of aliphatic hydroxyl groups is 1. The summed E-state index contributed by atoms with van der Waals surface area (Å²) in [6, 6.07) is 4.25. The van der Waals surface area contributed by atoms with Crippen LogP contribution in [0, 0.1) is 34.6 Å². The summed E-state index contributed by atoms with van der Waals surface area (Å²) in [5.74, 6) is 0. The van der Waals surface area contributed by atoms with E-state index in [-0.39, 0.29) is 0 Å². The highest BCUT2D eigenvalue weighted by Crippen LogP contribution is 2.25. The van der Waals surface area contributed by atoms with Gasteiger partial charge in [0.25, 0.3) is 0 Å². The number of nitrogens with zero attached hydrogens (tertiary/aromatic N) is 2. The van der Waals surface area contributed by atoms with E-state index in [1.165, 1.54) is 5.56 Å². The van der Waals surface area contributed by atoms with Crippen LogP contribution in [0.25, 0.3) is 0 Å². The first-order valence-corrected chi connectivity index (χ1v) is 6.64. The second-order valence-electron chi connectivity index (χ2n) is 5.40. The Morgan fingerprint density at radius 3 is 2.16 bits per heavy atom. The Labute approximate surface area is 114 Å². The summed E-state index contributed by atoms with van der Waals surface area (Å²) >= 11 is 0. The predicted molar refractivity (Wildman–Crippen MR) is 77.3 cm³/mol. The van der Waals surface area contributed by atoms with Gasteiger partial charge in [0.2, 0.25) is 0 Å². The molecule has 2 rings (SSSR count). The first kappa shape index (κ1) is 13.8. The van der Waals surface area contributed by atoms with Gasteiger partial charge in [-0.1, -0.05) is 17.7 Å². The monoisotopic (exact) mass is 258 g/mol. The molecule has 0 spiro atoms. The highest BCUT2D eigenvalue weighted by molar-refractivity contribution is 5.39. The molecule has 0 amide bonds. The Balaban J connectivity index is 2.30. The van der Waals surface area contributed by atoms with Gasteiger partial charge in [-0.25, -0.2) is 4.98 Å². The molecule has 3 nitrogen and oxygen atoms in total. The summed E-state index contributed by atoms with van der Waals surface area (Å²) in [4.78, 5) is 4.27. The maximum Gasteiger partial charge on any atom is 0.0974 e. The van der Waals surface area contributed by atoms with E-state index in [9.17, 15) is 5.11 Å². The summed E-state index contributed by atoms with van der Waals surface area (Å²) in [6.45, 7) is 10.8. The normalized spacial score (nSPS) is 12.7. The van der Waals surface area contributed by atoms with Crippen LogP contribution in [0.2, 0.25) is 0 Å². The van der Waals surface area contributed by atoms with E-state index in [0.717, 1.165) is 28.1 Å². The Kier molecular flexibility index (Phi) is 3.76. The van der Waals surface area contributed by atoms with Crippen LogP contribution < -0.4 is 0 Å². The zero-order chi connectivity index (χ0) is 14.2. The number of hydrogen-bond donors (Lipinski definition) is 1. The van der Waals surface area contributed by atoms with Crippen molar-refractivity contribution in [2.45, 2.75) is 47.3 Å². The van der Waals surface area contributed by atoms with Gasteiger partial charge in [-0.05, 0) is 51.3 Å². The molecule has 1 atom stereocenters. The minimum absolute atomic E-state index is 0.493. The number of benzene rings is 1. The zero-order valence-electron chi connectivity index (χ0n) is 12.4. The molecule has 0 aliphatic rings. The second kappa shape index (κ2) is 5.17. The third kappa shape index (κ3) is 2.71. The van der Waals surface area contributed by atoms with Crippen LogP contribution in [-0.4, -0.2) is 14.7 Å². The Morgan fingerprint density at radius 1 is 1.11 bits per heavy atom. The van der Waals surface area contributed by atoms with Gasteiger partial charge in [0.1, 0.15) is 0 Å². The third-order valence-electron chi connectivity index (χ3n) is 3.79. The van der Waals surface area contributed by atoms with Gasteiger partial charge in [-0.3, -0.25) is 0 Å². The molecule has 1 heterocycles. The quantitative estimate of drug-likeness (QED) is 0.918. The van der Waals surface area contributed by atoms with Crippen molar-refractivity contribution >= 4 is 0 Å². The van der Waals surface area contributed by atoms with Crippen LogP contribution in [0.1, 0.15) is 39.7 Å². The van der Waals surface area contributed by atoms with Crippen molar-refractivity contribution in [1.82, 2.24) is 9.55 Å². The predicted octanol–water partition coefficient (Wildman–Crippen LogP) is 3.16. The topological polar surface area (TPSA) is 38.0 Å². The molecule has 1 unspecified atom stereocenters. The zero-order valence-corrected chi connectivity index (χ0v) is 12.4. The number of aryl methyl sites for hydroxylation is 4. The van der Waals surface area contributed by atoms with E-state index in [1.807, 2.05) is 18.4 Å². The Bertz CT molecular complexity index is 576. The van der Waals surface area contributed by atoms with Gasteiger partial charge in [0.05, 0.1) is 24.7 Å². The third-order valence-corrected chi connectivity index (χ3v) is 3.79. The molecular weight excluding hydrogens is 236 g/mol. The highest BCUT2D eigenvalue weighted by atomic mass is 16.3. The SMILES string of the molecule is Cc1cc(C)c(C(O)Cn2cnc(C)c2C)c(C)c1. The van der Waals surface area contributed by atoms with Crippen LogP contribution >= 0.6 is 0 Å². The lowest BCUT2D eigenvalue weighted by atomic mass is 9.95. The van der Waals surface area contributed by atoms with Gasteiger partial charge < -0.3 is 9.67 Å². The molecule has 2 aromatic rings. The van der Waals surface area contributed by atoms with Crippen molar-refractivity contribution < 1.29 is 5.11 Å². The fourth-order valence-electron chi connectivity index (χ4n) is 2.72. The lowest BCUT2D eigenvalue weighted by molar-refractivity contribution is 0.154. The van der Waals surface area contributed by atoms with Crippen molar-refractivity contribution in [3.05, 3.63) is 52.1 Å². The molecule has 0 saturated heterocycles. The van der Waals surface area contributed by atoms with Gasteiger partial charge in [-0.15, -0.1) is 0 Å². The molecule has 102 valence electrons. The first-order valence-electron chi connectivity index (χ1n) is 6.64. The molecule has 0 bridgehead atoms. The van der Waals surface area contributed by atoms with E-state index in [2.05, 4.69) is 37.9 Å². The van der Waals surface area contributed by atoms with Crippen molar-refractivity contribution in [3.8, 4) is 0 Å². The van der Waals surface area contributed by atoms with Crippen molar-refractivity contribution in [3.63, 3.8) is 0 Å². The number of aromatic nitrogens is 2. The smallest absolute Gasteiger partial charge is 0.0974 e. The summed E-state index contributed by atoms with van der Waals surface area (Å²) in [5.41, 5.74) is 6.71. The standard InChI is InChI=1S/C16H22N2O/c1-10-6-11(2)16(12(3)7-10)15(19)8-18-9-17-13(4)14(18)5/h6-7,9,15,19H,8H2,1-5H3. The van der Waals surface area contributed by atoms with E-state index < -0.39 is 6.10 Å². The van der Waals surface area contributed by atoms with Gasteiger partial charge >= 0.3 is 0 Å². The number of imidazole rings is 1. The first-order chi connectivity index (χ1) is 8.90. The van der Waals surface area contributed by atoms with Crippen molar-refractivity contribution in [2.75, 3.05) is 0 Å². The van der Waals surface area contributed by atoms with E-state index in [1.54, 1.807) is 6.33 Å². The Hall–Kier alpha value is -1.61. The lowest BCUT2D eigenvalue weighted by Gasteiger charge is -2.18.